The highest BCUT2D eigenvalue weighted by atomic mass is 32.1. The number of para-hydroxylation sites is 1. The number of hydrogen-bond acceptors (Lipinski definition) is 3. The van der Waals surface area contributed by atoms with Gasteiger partial charge in [-0.2, -0.15) is 0 Å². The number of benzene rings is 1. The summed E-state index contributed by atoms with van der Waals surface area (Å²) in [4.78, 5) is 17.3. The van der Waals surface area contributed by atoms with E-state index in [9.17, 15) is 4.79 Å². The Bertz CT molecular complexity index is 668. The molecule has 2 aromatic rings. The van der Waals surface area contributed by atoms with E-state index in [-0.39, 0.29) is 19.5 Å². The van der Waals surface area contributed by atoms with E-state index in [1.807, 2.05) is 29.2 Å². The van der Waals surface area contributed by atoms with Crippen molar-refractivity contribution in [2.24, 2.45) is 0 Å². The molecule has 21 heavy (non-hydrogen) atoms. The Kier molecular flexibility index (Phi) is 3.72. The summed E-state index contributed by atoms with van der Waals surface area (Å²) >= 11 is 1.78. The lowest BCUT2D eigenvalue weighted by Crippen LogP contribution is -2.46. The van der Waals surface area contributed by atoms with Gasteiger partial charge in [0.05, 0.1) is 5.56 Å². The second-order valence-corrected chi connectivity index (χ2v) is 6.76. The maximum Gasteiger partial charge on any atom is 0.258 e. The molecule has 1 aromatic heterocycles. The maximum absolute atomic E-state index is 12.8. The van der Waals surface area contributed by atoms with Gasteiger partial charge in [-0.3, -0.25) is 4.79 Å². The molecule has 1 aromatic carbocycles. The molecule has 4 heteroatoms. The zero-order valence-electron chi connectivity index (χ0n) is 12.6. The molecular formula is C17H22N2OS. The molecule has 112 valence electrons. The Morgan fingerprint density at radius 3 is 2.71 bits per heavy atom. The fraction of sp³-hybridized carbons (Fsp3) is 0.353. The summed E-state index contributed by atoms with van der Waals surface area (Å²) in [6.45, 7) is 6.29. The monoisotopic (exact) mass is 302 g/mol. The Labute approximate surface area is 131 Å². The Hall–Kier alpha value is -1.81. The number of nitrogens with zero attached hydrogens (tertiary/aromatic N) is 1. The smallest absolute Gasteiger partial charge is 0.258 e. The largest absolute Gasteiger partial charge is 0.360 e. The second-order valence-electron chi connectivity index (χ2n) is 5.56. The van der Waals surface area contributed by atoms with Gasteiger partial charge < -0.3 is 10.2 Å². The molecule has 1 atom stereocenters. The molecule has 1 aliphatic heterocycles. The number of carbonyl (C=O) groups is 1. The number of amides is 1. The Morgan fingerprint density at radius 2 is 2.05 bits per heavy atom. The normalized spacial score (nSPS) is 17.8. The van der Waals surface area contributed by atoms with E-state index in [0.717, 1.165) is 17.7 Å². The number of anilines is 1. The molecule has 0 saturated heterocycles. The number of hydrogen-bond donors (Lipinski definition) is 1. The Balaban J connectivity index is 0.00000176. The molecule has 1 unspecified atom stereocenters. The van der Waals surface area contributed by atoms with Crippen molar-refractivity contribution in [3.8, 4) is 0 Å². The molecule has 0 bridgehead atoms. The molecule has 1 amide bonds. The first-order valence-corrected chi connectivity index (χ1v) is 8.20. The summed E-state index contributed by atoms with van der Waals surface area (Å²) in [5, 5.41) is 3.53. The van der Waals surface area contributed by atoms with E-state index in [4.69, 9.17) is 0 Å². The highest BCUT2D eigenvalue weighted by molar-refractivity contribution is 7.12. The summed E-state index contributed by atoms with van der Waals surface area (Å²) in [7, 11) is 0. The molecule has 0 saturated carbocycles. The molecule has 2 heterocycles. The van der Waals surface area contributed by atoms with Crippen molar-refractivity contribution in [3.05, 3.63) is 51.7 Å². The highest BCUT2D eigenvalue weighted by Gasteiger charge is 2.34. The van der Waals surface area contributed by atoms with Crippen molar-refractivity contribution in [1.29, 1.82) is 0 Å². The predicted molar refractivity (Wildman–Crippen MR) is 89.9 cm³/mol. The van der Waals surface area contributed by atoms with E-state index in [1.165, 1.54) is 9.75 Å². The third-order valence-electron chi connectivity index (χ3n) is 3.82. The molecule has 1 N–H and O–H groups in total. The summed E-state index contributed by atoms with van der Waals surface area (Å²) in [6, 6.07) is 12.2. The molecular weight excluding hydrogens is 280 g/mol. The lowest BCUT2D eigenvalue weighted by atomic mass is 10.1. The minimum Gasteiger partial charge on any atom is -0.360 e. The van der Waals surface area contributed by atoms with Crippen LogP contribution in [0.4, 0.5) is 5.69 Å². The fourth-order valence-electron chi connectivity index (χ4n) is 2.74. The minimum absolute atomic E-state index is 0. The van der Waals surface area contributed by atoms with Crippen LogP contribution in [-0.2, 0) is 6.42 Å². The third-order valence-corrected chi connectivity index (χ3v) is 5.10. The standard InChI is InChI=1S/C17H20N2OS.H2/c1-4-12-9-10-15(21-12)16-18-14-8-6-5-7-13(14)17(20)19(16)11(2)3;/h5-11,16,18H,4H2,1-3H3;1H. The third kappa shape index (κ3) is 2.44. The molecule has 0 radical (unpaired) electrons. The number of nitrogens with one attached hydrogen (secondary N) is 1. The van der Waals surface area contributed by atoms with Crippen LogP contribution in [0.2, 0.25) is 0 Å². The average molecular weight is 302 g/mol. The molecule has 3 rings (SSSR count). The zero-order chi connectivity index (χ0) is 15.0. The maximum atomic E-state index is 12.8. The van der Waals surface area contributed by atoms with Gasteiger partial charge in [0.2, 0.25) is 0 Å². The van der Waals surface area contributed by atoms with Crippen LogP contribution in [0.1, 0.15) is 48.5 Å². The topological polar surface area (TPSA) is 32.3 Å². The van der Waals surface area contributed by atoms with Crippen LogP contribution in [0.5, 0.6) is 0 Å². The number of thiophene rings is 1. The number of aryl methyl sites for hydroxylation is 1. The van der Waals surface area contributed by atoms with E-state index in [1.54, 1.807) is 11.3 Å². The van der Waals surface area contributed by atoms with Gasteiger partial charge >= 0.3 is 0 Å². The van der Waals surface area contributed by atoms with Gasteiger partial charge in [0.15, 0.2) is 0 Å². The van der Waals surface area contributed by atoms with Gasteiger partial charge in [0.25, 0.3) is 5.91 Å². The van der Waals surface area contributed by atoms with Gasteiger partial charge in [-0.05, 0) is 44.5 Å². The molecule has 0 spiro atoms. The lowest BCUT2D eigenvalue weighted by Gasteiger charge is -2.40. The summed E-state index contributed by atoms with van der Waals surface area (Å²) in [5.74, 6) is 0.107. The molecule has 1 aliphatic rings. The van der Waals surface area contributed by atoms with Gasteiger partial charge in [-0.15, -0.1) is 11.3 Å². The Morgan fingerprint density at radius 1 is 1.29 bits per heavy atom. The van der Waals surface area contributed by atoms with Crippen LogP contribution >= 0.6 is 11.3 Å². The lowest BCUT2D eigenvalue weighted by molar-refractivity contribution is 0.0620. The van der Waals surface area contributed by atoms with E-state index in [2.05, 4.69) is 38.2 Å². The second kappa shape index (κ2) is 5.53. The number of fused-ring (bicyclic) bond motifs is 1. The van der Waals surface area contributed by atoms with Crippen LogP contribution < -0.4 is 5.32 Å². The van der Waals surface area contributed by atoms with Crippen molar-refractivity contribution in [2.45, 2.75) is 39.4 Å². The molecule has 0 fully saturated rings. The quantitative estimate of drug-likeness (QED) is 0.903. The summed E-state index contributed by atoms with van der Waals surface area (Å²) < 4.78 is 0. The van der Waals surface area contributed by atoms with Gasteiger partial charge in [0.1, 0.15) is 6.17 Å². The van der Waals surface area contributed by atoms with Crippen molar-refractivity contribution in [1.82, 2.24) is 4.90 Å². The first kappa shape index (κ1) is 14.1. The molecule has 0 aliphatic carbocycles. The highest BCUT2D eigenvalue weighted by Crippen LogP contribution is 2.37. The van der Waals surface area contributed by atoms with Crippen molar-refractivity contribution in [3.63, 3.8) is 0 Å². The van der Waals surface area contributed by atoms with Gasteiger partial charge in [-0.25, -0.2) is 0 Å². The SMILES string of the molecule is CCc1ccc(C2Nc3ccccc3C(=O)N2C(C)C)s1.[HH]. The molecule has 3 nitrogen and oxygen atoms in total. The summed E-state index contributed by atoms with van der Waals surface area (Å²) in [6.07, 6.45) is 0.960. The van der Waals surface area contributed by atoms with Crippen LogP contribution in [0, 0.1) is 0 Å². The van der Waals surface area contributed by atoms with E-state index >= 15 is 0 Å². The minimum atomic E-state index is -0.0716. The van der Waals surface area contributed by atoms with Crippen LogP contribution in [0.15, 0.2) is 36.4 Å². The summed E-state index contributed by atoms with van der Waals surface area (Å²) in [5.41, 5.74) is 1.69. The first-order valence-electron chi connectivity index (χ1n) is 7.38. The van der Waals surface area contributed by atoms with Crippen LogP contribution in [-0.4, -0.2) is 16.8 Å². The van der Waals surface area contributed by atoms with Gasteiger partial charge in [-0.1, -0.05) is 19.1 Å². The van der Waals surface area contributed by atoms with E-state index in [0.29, 0.717) is 0 Å². The van der Waals surface area contributed by atoms with Crippen LogP contribution in [0.3, 0.4) is 0 Å². The van der Waals surface area contributed by atoms with Crippen molar-refractivity contribution in [2.75, 3.05) is 5.32 Å². The van der Waals surface area contributed by atoms with E-state index < -0.39 is 0 Å². The van der Waals surface area contributed by atoms with Crippen LogP contribution in [0.25, 0.3) is 0 Å². The van der Waals surface area contributed by atoms with Crippen molar-refractivity contribution >= 4 is 22.9 Å². The number of carbonyl (C=O) groups excluding carboxylic acids is 1. The van der Waals surface area contributed by atoms with Crippen molar-refractivity contribution < 1.29 is 6.22 Å². The number of rotatable bonds is 3. The average Bonchev–Trinajstić information content (AvgIpc) is 2.95. The fourth-order valence-corrected chi connectivity index (χ4v) is 3.74. The van der Waals surface area contributed by atoms with Gasteiger partial charge in [0, 0.05) is 22.9 Å². The predicted octanol–water partition coefficient (Wildman–Crippen LogP) is 4.53. The first-order chi connectivity index (χ1) is 10.1. The zero-order valence-corrected chi connectivity index (χ0v) is 13.4.